The van der Waals surface area contributed by atoms with Gasteiger partial charge in [0.2, 0.25) is 0 Å². The number of methoxy groups -OCH3 is 1. The van der Waals surface area contributed by atoms with E-state index in [0.29, 0.717) is 5.82 Å². The molecule has 1 aromatic carbocycles. The predicted octanol–water partition coefficient (Wildman–Crippen LogP) is 2.32. The molecule has 2 N–H and O–H groups in total. The molecule has 0 radical (unpaired) electrons. The Kier molecular flexibility index (Phi) is 2.87. The zero-order valence-corrected chi connectivity index (χ0v) is 9.25. The number of ether oxygens (including phenoxy) is 1. The van der Waals surface area contributed by atoms with Gasteiger partial charge in [-0.2, -0.15) is 0 Å². The molecule has 0 fully saturated rings. The molecule has 1 aromatic heterocycles. The van der Waals surface area contributed by atoms with Gasteiger partial charge in [-0.1, -0.05) is 12.1 Å². The molecule has 3 nitrogen and oxygen atoms in total. The molecule has 4 heteroatoms. The molecule has 1 heterocycles. The highest BCUT2D eigenvalue weighted by molar-refractivity contribution is 7.10. The van der Waals surface area contributed by atoms with Gasteiger partial charge in [-0.05, 0) is 17.7 Å². The van der Waals surface area contributed by atoms with Gasteiger partial charge >= 0.3 is 0 Å². The standard InChI is InChI=1S/C11H12N2OS/c1-14-9-4-2-3-8(5-9)6-11-13-10(12)7-15-11/h2-5,7H,6,12H2,1H3. The van der Waals surface area contributed by atoms with Crippen LogP contribution in [0.2, 0.25) is 0 Å². The fraction of sp³-hybridized carbons (Fsp3) is 0.182. The number of nitrogen functional groups attached to an aromatic ring is 1. The van der Waals surface area contributed by atoms with Gasteiger partial charge in [-0.3, -0.25) is 0 Å². The summed E-state index contributed by atoms with van der Waals surface area (Å²) in [5, 5.41) is 2.89. The highest BCUT2D eigenvalue weighted by Gasteiger charge is 2.01. The Morgan fingerprint density at radius 1 is 1.47 bits per heavy atom. The van der Waals surface area contributed by atoms with E-state index in [4.69, 9.17) is 10.5 Å². The van der Waals surface area contributed by atoms with Crippen molar-refractivity contribution >= 4 is 17.2 Å². The van der Waals surface area contributed by atoms with Crippen LogP contribution >= 0.6 is 11.3 Å². The van der Waals surface area contributed by atoms with Crippen molar-refractivity contribution in [2.24, 2.45) is 0 Å². The first kappa shape index (κ1) is 9.98. The normalized spacial score (nSPS) is 10.2. The Balaban J connectivity index is 2.16. The summed E-state index contributed by atoms with van der Waals surface area (Å²) in [6.45, 7) is 0. The summed E-state index contributed by atoms with van der Waals surface area (Å²) >= 11 is 1.58. The second kappa shape index (κ2) is 4.31. The number of thiazole rings is 1. The summed E-state index contributed by atoms with van der Waals surface area (Å²) in [7, 11) is 1.67. The summed E-state index contributed by atoms with van der Waals surface area (Å²) in [6.07, 6.45) is 0.805. The maximum Gasteiger partial charge on any atom is 0.134 e. The van der Waals surface area contributed by atoms with Gasteiger partial charge in [0.15, 0.2) is 0 Å². The van der Waals surface area contributed by atoms with E-state index in [1.165, 1.54) is 5.56 Å². The van der Waals surface area contributed by atoms with Crippen LogP contribution in [0.5, 0.6) is 5.75 Å². The molecule has 2 rings (SSSR count). The zero-order chi connectivity index (χ0) is 10.7. The maximum atomic E-state index is 5.56. The smallest absolute Gasteiger partial charge is 0.134 e. The monoisotopic (exact) mass is 220 g/mol. The molecule has 0 saturated heterocycles. The number of benzene rings is 1. The number of aromatic nitrogens is 1. The first-order valence-corrected chi connectivity index (χ1v) is 5.48. The highest BCUT2D eigenvalue weighted by Crippen LogP contribution is 2.18. The Morgan fingerprint density at radius 2 is 2.33 bits per heavy atom. The fourth-order valence-corrected chi connectivity index (χ4v) is 2.08. The second-order valence-corrected chi connectivity index (χ2v) is 4.14. The summed E-state index contributed by atoms with van der Waals surface area (Å²) in [5.74, 6) is 1.47. The predicted molar refractivity (Wildman–Crippen MR) is 62.3 cm³/mol. The minimum atomic E-state index is 0.595. The van der Waals surface area contributed by atoms with Crippen LogP contribution in [0.15, 0.2) is 29.6 Å². The molecule has 15 heavy (non-hydrogen) atoms. The average molecular weight is 220 g/mol. The number of hydrogen-bond acceptors (Lipinski definition) is 4. The Labute approximate surface area is 92.5 Å². The number of hydrogen-bond donors (Lipinski definition) is 1. The van der Waals surface area contributed by atoms with E-state index in [9.17, 15) is 0 Å². The van der Waals surface area contributed by atoms with Gasteiger partial charge in [0.25, 0.3) is 0 Å². The van der Waals surface area contributed by atoms with Crippen LogP contribution in [-0.2, 0) is 6.42 Å². The molecule has 78 valence electrons. The lowest BCUT2D eigenvalue weighted by Crippen LogP contribution is -1.90. The third-order valence-electron chi connectivity index (χ3n) is 2.06. The van der Waals surface area contributed by atoms with E-state index >= 15 is 0 Å². The van der Waals surface area contributed by atoms with Crippen LogP contribution in [0.4, 0.5) is 5.82 Å². The molecule has 0 unspecified atom stereocenters. The summed E-state index contributed by atoms with van der Waals surface area (Å²) < 4.78 is 5.16. The van der Waals surface area contributed by atoms with E-state index in [0.717, 1.165) is 17.2 Å². The first-order chi connectivity index (χ1) is 7.28. The van der Waals surface area contributed by atoms with Crippen molar-refractivity contribution in [3.8, 4) is 5.75 Å². The number of nitrogens with zero attached hydrogens (tertiary/aromatic N) is 1. The molecular weight excluding hydrogens is 208 g/mol. The number of nitrogens with two attached hydrogens (primary N) is 1. The summed E-state index contributed by atoms with van der Waals surface area (Å²) in [6, 6.07) is 7.97. The minimum Gasteiger partial charge on any atom is -0.497 e. The van der Waals surface area contributed by atoms with Crippen LogP contribution in [0, 0.1) is 0 Å². The van der Waals surface area contributed by atoms with Crippen molar-refractivity contribution in [1.82, 2.24) is 4.98 Å². The lowest BCUT2D eigenvalue weighted by molar-refractivity contribution is 0.414. The van der Waals surface area contributed by atoms with Crippen molar-refractivity contribution in [3.63, 3.8) is 0 Å². The van der Waals surface area contributed by atoms with Gasteiger partial charge < -0.3 is 10.5 Å². The molecule has 0 amide bonds. The third kappa shape index (κ3) is 2.47. The third-order valence-corrected chi connectivity index (χ3v) is 2.93. The molecule has 0 atom stereocenters. The lowest BCUT2D eigenvalue weighted by atomic mass is 10.1. The second-order valence-electron chi connectivity index (χ2n) is 3.19. The van der Waals surface area contributed by atoms with Crippen LogP contribution in [-0.4, -0.2) is 12.1 Å². The minimum absolute atomic E-state index is 0.595. The van der Waals surface area contributed by atoms with Gasteiger partial charge in [0.05, 0.1) is 12.1 Å². The van der Waals surface area contributed by atoms with Crippen molar-refractivity contribution in [3.05, 3.63) is 40.2 Å². The fourth-order valence-electron chi connectivity index (χ4n) is 1.36. The Bertz CT molecular complexity index is 453. The molecular formula is C11H12N2OS. The van der Waals surface area contributed by atoms with Crippen molar-refractivity contribution in [2.75, 3.05) is 12.8 Å². The van der Waals surface area contributed by atoms with Gasteiger partial charge in [-0.15, -0.1) is 11.3 Å². The molecule has 0 bridgehead atoms. The van der Waals surface area contributed by atoms with E-state index in [-0.39, 0.29) is 0 Å². The number of anilines is 1. The molecule has 0 saturated carbocycles. The van der Waals surface area contributed by atoms with Crippen LogP contribution in [0.3, 0.4) is 0 Å². The molecule has 0 spiro atoms. The summed E-state index contributed by atoms with van der Waals surface area (Å²) in [4.78, 5) is 4.22. The SMILES string of the molecule is COc1cccc(Cc2nc(N)cs2)c1. The van der Waals surface area contributed by atoms with E-state index in [1.54, 1.807) is 18.4 Å². The van der Waals surface area contributed by atoms with Crippen LogP contribution in [0.25, 0.3) is 0 Å². The van der Waals surface area contributed by atoms with Crippen molar-refractivity contribution in [1.29, 1.82) is 0 Å². The van der Waals surface area contributed by atoms with E-state index < -0.39 is 0 Å². The topological polar surface area (TPSA) is 48.1 Å². The van der Waals surface area contributed by atoms with Gasteiger partial charge in [0, 0.05) is 11.8 Å². The van der Waals surface area contributed by atoms with E-state index in [1.807, 2.05) is 23.6 Å². The van der Waals surface area contributed by atoms with Gasteiger partial charge in [-0.25, -0.2) is 4.98 Å². The van der Waals surface area contributed by atoms with Crippen molar-refractivity contribution < 1.29 is 4.74 Å². The number of rotatable bonds is 3. The molecule has 0 aliphatic carbocycles. The quantitative estimate of drug-likeness (QED) is 0.863. The van der Waals surface area contributed by atoms with Gasteiger partial charge in [0.1, 0.15) is 11.6 Å². The maximum absolute atomic E-state index is 5.56. The molecule has 2 aromatic rings. The Hall–Kier alpha value is -1.55. The molecule has 0 aliphatic heterocycles. The largest absolute Gasteiger partial charge is 0.497 e. The lowest BCUT2D eigenvalue weighted by Gasteiger charge is -2.02. The van der Waals surface area contributed by atoms with Crippen LogP contribution in [0.1, 0.15) is 10.6 Å². The highest BCUT2D eigenvalue weighted by atomic mass is 32.1. The van der Waals surface area contributed by atoms with E-state index in [2.05, 4.69) is 11.1 Å². The first-order valence-electron chi connectivity index (χ1n) is 4.61. The summed E-state index contributed by atoms with van der Waals surface area (Å²) in [5.41, 5.74) is 6.75. The Morgan fingerprint density at radius 3 is 3.00 bits per heavy atom. The van der Waals surface area contributed by atoms with Crippen molar-refractivity contribution in [2.45, 2.75) is 6.42 Å². The average Bonchev–Trinajstić information content (AvgIpc) is 2.64. The molecule has 0 aliphatic rings. The zero-order valence-electron chi connectivity index (χ0n) is 8.43. The van der Waals surface area contributed by atoms with Crippen LogP contribution < -0.4 is 10.5 Å².